The van der Waals surface area contributed by atoms with E-state index in [1.54, 1.807) is 66.7 Å². The standard InChI is InChI=1S/C26H24O6S2/c1-15-12-17(27)8-10-20(15)24-22-14-23(34(30,31)32-19-6-4-3-5-7-19)26(33(22)29)25(24)21-11-9-18(28)13-16(21)2/h3-13,22-23,26-28H,14H2,1-2H3/t22-,23-,26+,33?/m0/s1. The summed E-state index contributed by atoms with van der Waals surface area (Å²) < 4.78 is 45.8. The van der Waals surface area contributed by atoms with Gasteiger partial charge in [-0.15, -0.1) is 0 Å². The maximum absolute atomic E-state index is 13.7. The van der Waals surface area contributed by atoms with E-state index in [1.165, 1.54) is 0 Å². The van der Waals surface area contributed by atoms with Crippen molar-refractivity contribution in [2.45, 2.75) is 36.0 Å². The number of rotatable bonds is 5. The summed E-state index contributed by atoms with van der Waals surface area (Å²) >= 11 is 0. The molecule has 6 nitrogen and oxygen atoms in total. The maximum atomic E-state index is 13.7. The van der Waals surface area contributed by atoms with Gasteiger partial charge in [-0.1, -0.05) is 30.3 Å². The highest BCUT2D eigenvalue weighted by atomic mass is 32.2. The van der Waals surface area contributed by atoms with Gasteiger partial charge < -0.3 is 14.4 Å². The molecule has 2 N–H and O–H groups in total. The van der Waals surface area contributed by atoms with Crippen LogP contribution in [0.3, 0.4) is 0 Å². The van der Waals surface area contributed by atoms with E-state index in [-0.39, 0.29) is 23.7 Å². The summed E-state index contributed by atoms with van der Waals surface area (Å²) in [5.74, 6) is 0.451. The summed E-state index contributed by atoms with van der Waals surface area (Å²) in [5, 5.41) is 17.6. The molecule has 0 saturated carbocycles. The van der Waals surface area contributed by atoms with E-state index in [2.05, 4.69) is 0 Å². The highest BCUT2D eigenvalue weighted by Gasteiger charge is 2.57. The molecule has 176 valence electrons. The van der Waals surface area contributed by atoms with Gasteiger partial charge in [-0.05, 0) is 90.1 Å². The molecular formula is C26H24O6S2. The summed E-state index contributed by atoms with van der Waals surface area (Å²) in [4.78, 5) is 0. The molecule has 2 aliphatic rings. The zero-order chi connectivity index (χ0) is 24.2. The van der Waals surface area contributed by atoms with E-state index in [0.717, 1.165) is 27.8 Å². The lowest BCUT2D eigenvalue weighted by molar-refractivity contribution is 0.469. The van der Waals surface area contributed by atoms with Crippen molar-refractivity contribution in [3.8, 4) is 17.2 Å². The molecule has 2 aliphatic heterocycles. The zero-order valence-electron chi connectivity index (χ0n) is 18.6. The molecular weight excluding hydrogens is 472 g/mol. The Kier molecular flexibility index (Phi) is 5.53. The van der Waals surface area contributed by atoms with Gasteiger partial charge >= 0.3 is 10.1 Å². The molecule has 4 atom stereocenters. The van der Waals surface area contributed by atoms with E-state index in [1.807, 2.05) is 13.8 Å². The first-order valence-electron chi connectivity index (χ1n) is 10.9. The number of aromatic hydroxyl groups is 2. The summed E-state index contributed by atoms with van der Waals surface area (Å²) in [6.45, 7) is 3.70. The van der Waals surface area contributed by atoms with E-state index < -0.39 is 36.7 Å². The number of aryl methyl sites for hydroxylation is 2. The van der Waals surface area contributed by atoms with Crippen LogP contribution in [-0.4, -0.2) is 38.6 Å². The number of phenols is 2. The van der Waals surface area contributed by atoms with Crippen LogP contribution in [0.4, 0.5) is 0 Å². The van der Waals surface area contributed by atoms with Crippen LogP contribution in [0.25, 0.3) is 11.1 Å². The third kappa shape index (κ3) is 3.71. The van der Waals surface area contributed by atoms with Gasteiger partial charge in [-0.3, -0.25) is 4.21 Å². The Labute approximate surface area is 201 Å². The van der Waals surface area contributed by atoms with Gasteiger partial charge in [0.05, 0.1) is 10.5 Å². The average Bonchev–Trinajstić information content (AvgIpc) is 3.25. The Hall–Kier alpha value is -3.10. The van der Waals surface area contributed by atoms with Crippen LogP contribution in [0.15, 0.2) is 66.7 Å². The molecule has 0 aromatic heterocycles. The molecule has 0 radical (unpaired) electrons. The smallest absolute Gasteiger partial charge is 0.313 e. The molecule has 2 bridgehead atoms. The lowest BCUT2D eigenvalue weighted by Gasteiger charge is -2.27. The highest BCUT2D eigenvalue weighted by Crippen LogP contribution is 2.54. The normalized spacial score (nSPS) is 23.9. The van der Waals surface area contributed by atoms with Crippen LogP contribution < -0.4 is 4.18 Å². The fourth-order valence-corrected chi connectivity index (χ4v) is 9.44. The molecule has 3 aromatic rings. The van der Waals surface area contributed by atoms with E-state index >= 15 is 0 Å². The van der Waals surface area contributed by atoms with Crippen molar-refractivity contribution in [1.82, 2.24) is 0 Å². The topological polar surface area (TPSA) is 101 Å². The number of hydrogen-bond donors (Lipinski definition) is 2. The van der Waals surface area contributed by atoms with Crippen LogP contribution >= 0.6 is 0 Å². The van der Waals surface area contributed by atoms with Crippen molar-refractivity contribution in [1.29, 1.82) is 0 Å². The molecule has 1 saturated heterocycles. The molecule has 0 aliphatic carbocycles. The molecule has 1 unspecified atom stereocenters. The van der Waals surface area contributed by atoms with Crippen LogP contribution in [-0.2, 0) is 20.9 Å². The number of para-hydroxylation sites is 1. The molecule has 8 heteroatoms. The van der Waals surface area contributed by atoms with E-state index in [9.17, 15) is 22.8 Å². The van der Waals surface area contributed by atoms with Gasteiger partial charge in [0.25, 0.3) is 0 Å². The third-order valence-corrected chi connectivity index (χ3v) is 10.4. The Balaban J connectivity index is 1.68. The SMILES string of the molecule is Cc1cc(O)ccc1C1=C(c2ccc(O)cc2C)[C@H]2[C@@H](S(=O)(=O)Oc3ccccc3)C[C@@H]1S2=O. The van der Waals surface area contributed by atoms with Crippen molar-refractivity contribution in [2.75, 3.05) is 0 Å². The first-order chi connectivity index (χ1) is 16.2. The lowest BCUT2D eigenvalue weighted by Crippen LogP contribution is -2.36. The molecule has 1 fully saturated rings. The third-order valence-electron chi connectivity index (χ3n) is 6.54. The largest absolute Gasteiger partial charge is 0.508 e. The Morgan fingerprint density at radius 2 is 1.41 bits per heavy atom. The first kappa shape index (κ1) is 22.7. The number of hydrogen-bond acceptors (Lipinski definition) is 6. The Bertz CT molecular complexity index is 1440. The highest BCUT2D eigenvalue weighted by molar-refractivity contribution is 7.92. The van der Waals surface area contributed by atoms with Crippen molar-refractivity contribution < 1.29 is 27.0 Å². The fourth-order valence-electron chi connectivity index (χ4n) is 5.08. The Morgan fingerprint density at radius 1 is 0.853 bits per heavy atom. The average molecular weight is 497 g/mol. The van der Waals surface area contributed by atoms with Gasteiger partial charge in [0, 0.05) is 10.8 Å². The zero-order valence-corrected chi connectivity index (χ0v) is 20.3. The fraction of sp³-hybridized carbons (Fsp3) is 0.231. The quantitative estimate of drug-likeness (QED) is 0.511. The predicted octanol–water partition coefficient (Wildman–Crippen LogP) is 4.31. The number of benzene rings is 3. The van der Waals surface area contributed by atoms with Crippen LogP contribution in [0, 0.1) is 13.8 Å². The predicted molar refractivity (Wildman–Crippen MR) is 133 cm³/mol. The maximum Gasteiger partial charge on any atom is 0.313 e. The molecule has 3 aromatic carbocycles. The van der Waals surface area contributed by atoms with Gasteiger partial charge in [0.2, 0.25) is 0 Å². The first-order valence-corrected chi connectivity index (χ1v) is 13.6. The van der Waals surface area contributed by atoms with Gasteiger partial charge in [0.15, 0.2) is 0 Å². The second-order valence-electron chi connectivity index (χ2n) is 8.73. The Morgan fingerprint density at radius 3 is 1.97 bits per heavy atom. The molecule has 0 spiro atoms. The minimum Gasteiger partial charge on any atom is -0.508 e. The lowest BCUT2D eigenvalue weighted by atomic mass is 9.81. The van der Waals surface area contributed by atoms with Crippen molar-refractivity contribution >= 4 is 32.1 Å². The summed E-state index contributed by atoms with van der Waals surface area (Å²) in [5.41, 5.74) is 4.69. The minimum absolute atomic E-state index is 0.102. The summed E-state index contributed by atoms with van der Waals surface area (Å²) in [6.07, 6.45) is 0.183. The van der Waals surface area contributed by atoms with Crippen LogP contribution in [0.1, 0.15) is 28.7 Å². The molecule has 2 heterocycles. The number of fused-ring (bicyclic) bond motifs is 2. The minimum atomic E-state index is -4.08. The van der Waals surface area contributed by atoms with Crippen molar-refractivity contribution in [3.63, 3.8) is 0 Å². The molecule has 0 amide bonds. The van der Waals surface area contributed by atoms with Gasteiger partial charge in [0.1, 0.15) is 22.5 Å². The van der Waals surface area contributed by atoms with Gasteiger partial charge in [-0.25, -0.2) is 0 Å². The van der Waals surface area contributed by atoms with E-state index in [4.69, 9.17) is 4.18 Å². The van der Waals surface area contributed by atoms with Crippen LogP contribution in [0.2, 0.25) is 0 Å². The summed E-state index contributed by atoms with van der Waals surface area (Å²) in [7, 11) is -5.56. The second kappa shape index (κ2) is 8.29. The van der Waals surface area contributed by atoms with Gasteiger partial charge in [-0.2, -0.15) is 8.42 Å². The monoisotopic (exact) mass is 496 g/mol. The van der Waals surface area contributed by atoms with Crippen molar-refractivity contribution in [3.05, 3.63) is 89.0 Å². The second-order valence-corrected chi connectivity index (χ2v) is 12.2. The number of phenolic OH excluding ortho intramolecular Hbond substituents is 2. The van der Waals surface area contributed by atoms with Crippen LogP contribution in [0.5, 0.6) is 17.2 Å². The van der Waals surface area contributed by atoms with E-state index in [0.29, 0.717) is 5.57 Å². The van der Waals surface area contributed by atoms with Crippen molar-refractivity contribution in [2.24, 2.45) is 0 Å². The summed E-state index contributed by atoms with van der Waals surface area (Å²) in [6, 6.07) is 18.2. The molecule has 5 rings (SSSR count). The molecule has 34 heavy (non-hydrogen) atoms.